The molecular weight excluding hydrogens is 554 g/mol. The molecule has 6 N–H and O–H groups in total. The Morgan fingerprint density at radius 2 is 1.60 bits per heavy atom. The normalized spacial score (nSPS) is 14.7. The van der Waals surface area contributed by atoms with E-state index in [4.69, 9.17) is 19.9 Å². The highest BCUT2D eigenvalue weighted by atomic mass is 16.6. The van der Waals surface area contributed by atoms with Gasteiger partial charge in [0, 0.05) is 30.4 Å². The molecule has 12 heteroatoms. The van der Waals surface area contributed by atoms with Crippen LogP contribution < -0.4 is 27.0 Å². The minimum absolute atomic E-state index is 0.121. The number of benzene rings is 1. The Labute approximate surface area is 255 Å². The Hall–Kier alpha value is -3.22. The molecule has 1 fully saturated rings. The van der Waals surface area contributed by atoms with E-state index < -0.39 is 17.7 Å². The zero-order chi connectivity index (χ0) is 31.5. The van der Waals surface area contributed by atoms with Crippen LogP contribution in [0.1, 0.15) is 88.9 Å². The molecule has 0 aliphatic heterocycles. The van der Waals surface area contributed by atoms with Crippen LogP contribution in [0.2, 0.25) is 0 Å². The van der Waals surface area contributed by atoms with Crippen molar-refractivity contribution in [1.29, 1.82) is 0 Å². The third-order valence-corrected chi connectivity index (χ3v) is 6.72. The molecule has 1 aromatic carbocycles. The largest absolute Gasteiger partial charge is 0.444 e. The first kappa shape index (κ1) is 36.0. The first-order valence-electron chi connectivity index (χ1n) is 15.4. The highest BCUT2D eigenvalue weighted by molar-refractivity contribution is 5.95. The van der Waals surface area contributed by atoms with E-state index in [2.05, 4.69) is 21.3 Å². The minimum Gasteiger partial charge on any atom is -0.444 e. The molecule has 1 aromatic rings. The molecule has 43 heavy (non-hydrogen) atoms. The summed E-state index contributed by atoms with van der Waals surface area (Å²) in [4.78, 5) is 50.1. The lowest BCUT2D eigenvalue weighted by Gasteiger charge is -2.23. The third-order valence-electron chi connectivity index (χ3n) is 6.72. The number of carbonyl (C=O) groups excluding carboxylic acids is 4. The Kier molecular flexibility index (Phi) is 16.6. The minimum atomic E-state index is -0.687. The predicted molar refractivity (Wildman–Crippen MR) is 165 cm³/mol. The lowest BCUT2D eigenvalue weighted by molar-refractivity contribution is -0.132. The van der Waals surface area contributed by atoms with Gasteiger partial charge < -0.3 is 35.9 Å². The van der Waals surface area contributed by atoms with Gasteiger partial charge in [-0.25, -0.2) is 4.79 Å². The fourth-order valence-electron chi connectivity index (χ4n) is 4.60. The highest BCUT2D eigenvalue weighted by Gasteiger charge is 2.24. The van der Waals surface area contributed by atoms with Crippen LogP contribution in [-0.2, 0) is 23.8 Å². The van der Waals surface area contributed by atoms with Crippen molar-refractivity contribution in [1.82, 2.24) is 16.0 Å². The van der Waals surface area contributed by atoms with E-state index >= 15 is 0 Å². The summed E-state index contributed by atoms with van der Waals surface area (Å²) >= 11 is 0. The van der Waals surface area contributed by atoms with Gasteiger partial charge in [-0.15, -0.1) is 0 Å². The molecule has 242 valence electrons. The molecule has 1 aliphatic carbocycles. The fraction of sp³-hybridized carbons (Fsp3) is 0.677. The summed E-state index contributed by atoms with van der Waals surface area (Å²) < 4.78 is 15.8. The monoisotopic (exact) mass is 605 g/mol. The predicted octanol–water partition coefficient (Wildman–Crippen LogP) is 3.25. The molecule has 0 bridgehead atoms. The molecule has 0 heterocycles. The Bertz CT molecular complexity index is 989. The summed E-state index contributed by atoms with van der Waals surface area (Å²) in [5.41, 5.74) is 5.75. The molecule has 1 atom stereocenters. The zero-order valence-electron chi connectivity index (χ0n) is 26.0. The average Bonchev–Trinajstić information content (AvgIpc) is 3.22. The Balaban J connectivity index is 1.79. The van der Waals surface area contributed by atoms with Crippen molar-refractivity contribution in [2.75, 3.05) is 44.8 Å². The molecule has 1 aliphatic rings. The van der Waals surface area contributed by atoms with E-state index in [0.717, 1.165) is 25.7 Å². The summed E-state index contributed by atoms with van der Waals surface area (Å²) in [5, 5.41) is 11.5. The van der Waals surface area contributed by atoms with Crippen molar-refractivity contribution < 1.29 is 33.4 Å². The first-order valence-corrected chi connectivity index (χ1v) is 15.4. The van der Waals surface area contributed by atoms with Crippen LogP contribution in [0.25, 0.3) is 0 Å². The van der Waals surface area contributed by atoms with Gasteiger partial charge in [0.15, 0.2) is 0 Å². The van der Waals surface area contributed by atoms with Crippen LogP contribution in [0, 0.1) is 0 Å². The quantitative estimate of drug-likeness (QED) is 0.133. The van der Waals surface area contributed by atoms with Crippen molar-refractivity contribution in [3.8, 4) is 0 Å². The number of carbonyl (C=O) groups is 4. The number of hydrogen-bond donors (Lipinski definition) is 5. The first-order chi connectivity index (χ1) is 20.6. The number of hydrogen-bond acceptors (Lipinski definition) is 8. The van der Waals surface area contributed by atoms with Crippen molar-refractivity contribution in [2.45, 2.75) is 96.2 Å². The van der Waals surface area contributed by atoms with Crippen molar-refractivity contribution >= 4 is 29.5 Å². The number of rotatable bonds is 17. The van der Waals surface area contributed by atoms with Gasteiger partial charge in [0.1, 0.15) is 18.2 Å². The summed E-state index contributed by atoms with van der Waals surface area (Å²) in [6, 6.07) is 5.95. The second kappa shape index (κ2) is 19.9. The van der Waals surface area contributed by atoms with Crippen LogP contribution in [0.15, 0.2) is 24.3 Å². The van der Waals surface area contributed by atoms with Crippen LogP contribution in [0.5, 0.6) is 0 Å². The van der Waals surface area contributed by atoms with Crippen molar-refractivity contribution in [2.24, 2.45) is 5.73 Å². The topological polar surface area (TPSA) is 170 Å². The van der Waals surface area contributed by atoms with Gasteiger partial charge in [-0.3, -0.25) is 19.7 Å². The molecule has 1 saturated carbocycles. The number of nitrogens with two attached hydrogens (primary N) is 1. The zero-order valence-corrected chi connectivity index (χ0v) is 26.0. The number of unbranched alkanes of at least 4 members (excludes halogenated alkanes) is 1. The molecule has 0 spiro atoms. The van der Waals surface area contributed by atoms with Gasteiger partial charge in [0.05, 0.1) is 19.8 Å². The van der Waals surface area contributed by atoms with Gasteiger partial charge in [-0.2, -0.15) is 0 Å². The maximum Gasteiger partial charge on any atom is 0.412 e. The van der Waals surface area contributed by atoms with Gasteiger partial charge >= 0.3 is 6.09 Å². The number of ether oxygens (including phenoxy) is 3. The van der Waals surface area contributed by atoms with Gasteiger partial charge in [0.2, 0.25) is 11.8 Å². The van der Waals surface area contributed by atoms with Crippen LogP contribution >= 0.6 is 0 Å². The average molecular weight is 606 g/mol. The van der Waals surface area contributed by atoms with E-state index in [-0.39, 0.29) is 37.0 Å². The van der Waals surface area contributed by atoms with Crippen molar-refractivity contribution in [3.05, 3.63) is 29.8 Å². The summed E-state index contributed by atoms with van der Waals surface area (Å²) in [6.07, 6.45) is 7.54. The highest BCUT2D eigenvalue weighted by Crippen LogP contribution is 2.18. The summed E-state index contributed by atoms with van der Waals surface area (Å²) in [7, 11) is 0. The molecule has 12 nitrogen and oxygen atoms in total. The maximum atomic E-state index is 13.1. The summed E-state index contributed by atoms with van der Waals surface area (Å²) in [6.45, 7) is 7.04. The van der Waals surface area contributed by atoms with Crippen LogP contribution in [-0.4, -0.2) is 81.0 Å². The number of anilines is 1. The fourth-order valence-corrected chi connectivity index (χ4v) is 4.60. The van der Waals surface area contributed by atoms with Gasteiger partial charge in [-0.05, 0) is 77.1 Å². The lowest BCUT2D eigenvalue weighted by Crippen LogP contribution is -2.50. The Morgan fingerprint density at radius 1 is 0.930 bits per heavy atom. The van der Waals surface area contributed by atoms with E-state index in [1.165, 1.54) is 12.8 Å². The number of nitrogens with one attached hydrogen (secondary N) is 4. The molecule has 0 saturated heterocycles. The third kappa shape index (κ3) is 16.3. The van der Waals surface area contributed by atoms with Gasteiger partial charge in [-0.1, -0.05) is 25.7 Å². The molecule has 0 radical (unpaired) electrons. The molecule has 0 unspecified atom stereocenters. The van der Waals surface area contributed by atoms with Crippen LogP contribution in [0.4, 0.5) is 10.5 Å². The van der Waals surface area contributed by atoms with Crippen molar-refractivity contribution in [3.63, 3.8) is 0 Å². The lowest BCUT2D eigenvalue weighted by atomic mass is 10.1. The van der Waals surface area contributed by atoms with E-state index in [9.17, 15) is 19.2 Å². The molecular formula is C31H51N5O7. The van der Waals surface area contributed by atoms with E-state index in [1.54, 1.807) is 45.0 Å². The van der Waals surface area contributed by atoms with E-state index in [0.29, 0.717) is 56.8 Å². The molecule has 4 amide bonds. The smallest absolute Gasteiger partial charge is 0.412 e. The Morgan fingerprint density at radius 3 is 2.26 bits per heavy atom. The number of amides is 4. The molecule has 0 aromatic heterocycles. The standard InChI is InChI=1S/C31H51N5O7/c1-31(2,3)43-30(40)35-25-15-13-23(14-16-25)28(38)33-18-9-8-12-26(29(39)34-24-10-6-4-5-7-11-24)36-27(37)22-42-21-20-41-19-17-32/h13-16,24,26H,4-12,17-22,32H2,1-3H3,(H,33,38)(H,34,39)(H,35,40)(H,36,37)/t26-/m0/s1. The van der Waals surface area contributed by atoms with Gasteiger partial charge in [0.25, 0.3) is 5.91 Å². The maximum absolute atomic E-state index is 13.1. The second-order valence-electron chi connectivity index (χ2n) is 11.7. The van der Waals surface area contributed by atoms with Crippen LogP contribution in [0.3, 0.4) is 0 Å². The van der Waals surface area contributed by atoms with E-state index in [1.807, 2.05) is 0 Å². The second-order valence-corrected chi connectivity index (χ2v) is 11.7. The SMILES string of the molecule is CC(C)(C)OC(=O)Nc1ccc(C(=O)NCCCC[C@H](NC(=O)COCCOCCN)C(=O)NC2CCCCCC2)cc1. The molecule has 2 rings (SSSR count). The summed E-state index contributed by atoms with van der Waals surface area (Å²) in [5.74, 6) is -0.791.